The summed E-state index contributed by atoms with van der Waals surface area (Å²) in [5.41, 5.74) is 0.592. The first-order valence-corrected chi connectivity index (χ1v) is 5.44. The zero-order valence-electron chi connectivity index (χ0n) is 9.38. The fraction of sp³-hybridized carbons (Fsp3) is 0.455. The molecule has 0 amide bonds. The summed E-state index contributed by atoms with van der Waals surface area (Å²) in [7, 11) is 1.59. The van der Waals surface area contributed by atoms with Gasteiger partial charge in [-0.25, -0.2) is 0 Å². The molecule has 0 atom stereocenters. The van der Waals surface area contributed by atoms with Gasteiger partial charge in [0.25, 0.3) is 0 Å². The smallest absolute Gasteiger partial charge is 0.387 e. The predicted molar refractivity (Wildman–Crippen MR) is 61.7 cm³/mol. The standard InChI is InChI=1S/C11H14ClF2NO2/c1-16-5-4-15-7-8-6-9(12)2-3-10(8)17-11(13)14/h2-3,6,11,15H,4-5,7H2,1H3. The van der Waals surface area contributed by atoms with Gasteiger partial charge in [0.05, 0.1) is 6.61 Å². The first kappa shape index (κ1) is 14.2. The van der Waals surface area contributed by atoms with Gasteiger partial charge in [-0.3, -0.25) is 0 Å². The molecule has 1 rings (SSSR count). The van der Waals surface area contributed by atoms with Crippen molar-refractivity contribution in [2.45, 2.75) is 13.2 Å². The summed E-state index contributed by atoms with van der Waals surface area (Å²) in [6, 6.07) is 4.54. The van der Waals surface area contributed by atoms with Crippen molar-refractivity contribution in [1.82, 2.24) is 5.32 Å². The van der Waals surface area contributed by atoms with E-state index in [-0.39, 0.29) is 5.75 Å². The molecule has 0 bridgehead atoms. The Kier molecular flexibility index (Phi) is 6.18. The SMILES string of the molecule is COCCNCc1cc(Cl)ccc1OC(F)F. The fourth-order valence-electron chi connectivity index (χ4n) is 1.29. The lowest BCUT2D eigenvalue weighted by Crippen LogP contribution is -2.19. The highest BCUT2D eigenvalue weighted by molar-refractivity contribution is 6.30. The molecule has 3 nitrogen and oxygen atoms in total. The quantitative estimate of drug-likeness (QED) is 0.769. The number of benzene rings is 1. The van der Waals surface area contributed by atoms with Crippen LogP contribution in [0.15, 0.2) is 18.2 Å². The van der Waals surface area contributed by atoms with Gasteiger partial charge in [-0.05, 0) is 18.2 Å². The van der Waals surface area contributed by atoms with Crippen LogP contribution in [0.3, 0.4) is 0 Å². The van der Waals surface area contributed by atoms with Crippen LogP contribution >= 0.6 is 11.6 Å². The lowest BCUT2D eigenvalue weighted by Gasteiger charge is -2.11. The number of rotatable bonds is 7. The van der Waals surface area contributed by atoms with Gasteiger partial charge in [0.1, 0.15) is 5.75 Å². The third-order valence-corrected chi connectivity index (χ3v) is 2.27. The van der Waals surface area contributed by atoms with Crippen molar-refractivity contribution in [3.63, 3.8) is 0 Å². The van der Waals surface area contributed by atoms with Gasteiger partial charge in [-0.2, -0.15) is 8.78 Å². The number of halogens is 3. The van der Waals surface area contributed by atoms with E-state index in [4.69, 9.17) is 16.3 Å². The normalized spacial score (nSPS) is 10.9. The van der Waals surface area contributed by atoms with E-state index in [1.54, 1.807) is 13.2 Å². The lowest BCUT2D eigenvalue weighted by molar-refractivity contribution is -0.0505. The molecule has 96 valence electrons. The van der Waals surface area contributed by atoms with Crippen LogP contribution in [0.1, 0.15) is 5.56 Å². The molecule has 1 N–H and O–H groups in total. The molecule has 17 heavy (non-hydrogen) atoms. The third kappa shape index (κ3) is 5.30. The molecule has 0 saturated carbocycles. The Morgan fingerprint density at radius 2 is 2.18 bits per heavy atom. The van der Waals surface area contributed by atoms with E-state index in [1.165, 1.54) is 12.1 Å². The van der Waals surface area contributed by atoms with E-state index >= 15 is 0 Å². The van der Waals surface area contributed by atoms with Crippen LogP contribution < -0.4 is 10.1 Å². The largest absolute Gasteiger partial charge is 0.434 e. The highest BCUT2D eigenvalue weighted by atomic mass is 35.5. The molecular weight excluding hydrogens is 252 g/mol. The second-order valence-corrected chi connectivity index (χ2v) is 3.74. The Labute approximate surface area is 104 Å². The van der Waals surface area contributed by atoms with Crippen LogP contribution in [0.4, 0.5) is 8.78 Å². The minimum atomic E-state index is -2.84. The topological polar surface area (TPSA) is 30.5 Å². The fourth-order valence-corrected chi connectivity index (χ4v) is 1.49. The maximum absolute atomic E-state index is 12.1. The predicted octanol–water partition coefficient (Wildman–Crippen LogP) is 2.68. The average molecular weight is 266 g/mol. The van der Waals surface area contributed by atoms with E-state index in [0.29, 0.717) is 30.3 Å². The summed E-state index contributed by atoms with van der Waals surface area (Å²) in [5, 5.41) is 3.52. The Hall–Kier alpha value is -0.910. The van der Waals surface area contributed by atoms with E-state index in [9.17, 15) is 8.78 Å². The van der Waals surface area contributed by atoms with Crippen molar-refractivity contribution >= 4 is 11.6 Å². The van der Waals surface area contributed by atoms with E-state index in [2.05, 4.69) is 10.1 Å². The van der Waals surface area contributed by atoms with Gasteiger partial charge in [-0.15, -0.1) is 0 Å². The first-order valence-electron chi connectivity index (χ1n) is 5.06. The number of methoxy groups -OCH3 is 1. The van der Waals surface area contributed by atoms with E-state index < -0.39 is 6.61 Å². The first-order chi connectivity index (χ1) is 8.13. The summed E-state index contributed by atoms with van der Waals surface area (Å²) in [5.74, 6) is 0.134. The Morgan fingerprint density at radius 1 is 1.41 bits per heavy atom. The number of hydrogen-bond acceptors (Lipinski definition) is 3. The minimum Gasteiger partial charge on any atom is -0.434 e. The number of hydrogen-bond donors (Lipinski definition) is 1. The number of alkyl halides is 2. The molecule has 0 aliphatic heterocycles. The highest BCUT2D eigenvalue weighted by Crippen LogP contribution is 2.24. The molecular formula is C11H14ClF2NO2. The molecule has 0 fully saturated rings. The van der Waals surface area contributed by atoms with E-state index in [0.717, 1.165) is 0 Å². The monoisotopic (exact) mass is 265 g/mol. The van der Waals surface area contributed by atoms with Crippen molar-refractivity contribution in [2.75, 3.05) is 20.3 Å². The molecule has 0 unspecified atom stereocenters. The maximum Gasteiger partial charge on any atom is 0.387 e. The Bertz CT molecular complexity index is 350. The number of nitrogens with one attached hydrogen (secondary N) is 1. The lowest BCUT2D eigenvalue weighted by atomic mass is 10.2. The second kappa shape index (κ2) is 7.42. The van der Waals surface area contributed by atoms with Gasteiger partial charge in [0.15, 0.2) is 0 Å². The average Bonchev–Trinajstić information content (AvgIpc) is 2.27. The van der Waals surface area contributed by atoms with Crippen LogP contribution in [0.2, 0.25) is 5.02 Å². The van der Waals surface area contributed by atoms with Gasteiger partial charge < -0.3 is 14.8 Å². The van der Waals surface area contributed by atoms with Crippen LogP contribution in [-0.2, 0) is 11.3 Å². The molecule has 1 aromatic carbocycles. The van der Waals surface area contributed by atoms with Crippen molar-refractivity contribution < 1.29 is 18.3 Å². The minimum absolute atomic E-state index is 0.134. The summed E-state index contributed by atoms with van der Waals surface area (Å²) >= 11 is 5.80. The molecule has 6 heteroatoms. The number of ether oxygens (including phenoxy) is 2. The van der Waals surface area contributed by atoms with Crippen LogP contribution in [-0.4, -0.2) is 26.9 Å². The maximum atomic E-state index is 12.1. The van der Waals surface area contributed by atoms with Crippen LogP contribution in [0.5, 0.6) is 5.75 Å². The molecule has 0 spiro atoms. The summed E-state index contributed by atoms with van der Waals surface area (Å²) in [4.78, 5) is 0. The zero-order chi connectivity index (χ0) is 12.7. The molecule has 0 aromatic heterocycles. The Balaban J connectivity index is 2.63. The molecule has 0 aliphatic carbocycles. The third-order valence-electron chi connectivity index (χ3n) is 2.04. The summed E-state index contributed by atoms with van der Waals surface area (Å²) < 4.78 is 33.5. The zero-order valence-corrected chi connectivity index (χ0v) is 10.1. The van der Waals surface area contributed by atoms with Gasteiger partial charge in [0.2, 0.25) is 0 Å². The molecule has 0 saturated heterocycles. The van der Waals surface area contributed by atoms with Crippen molar-refractivity contribution in [1.29, 1.82) is 0 Å². The highest BCUT2D eigenvalue weighted by Gasteiger charge is 2.09. The van der Waals surface area contributed by atoms with Crippen LogP contribution in [0.25, 0.3) is 0 Å². The van der Waals surface area contributed by atoms with Gasteiger partial charge >= 0.3 is 6.61 Å². The van der Waals surface area contributed by atoms with Gasteiger partial charge in [0, 0.05) is 30.8 Å². The van der Waals surface area contributed by atoms with Crippen molar-refractivity contribution in [3.05, 3.63) is 28.8 Å². The van der Waals surface area contributed by atoms with Crippen molar-refractivity contribution in [2.24, 2.45) is 0 Å². The van der Waals surface area contributed by atoms with E-state index in [1.807, 2.05) is 0 Å². The van der Waals surface area contributed by atoms with Crippen molar-refractivity contribution in [3.8, 4) is 5.75 Å². The van der Waals surface area contributed by atoms with Gasteiger partial charge in [-0.1, -0.05) is 11.6 Å². The molecule has 0 radical (unpaired) electrons. The Morgan fingerprint density at radius 3 is 2.82 bits per heavy atom. The molecule has 1 aromatic rings. The molecule has 0 aliphatic rings. The molecule has 0 heterocycles. The van der Waals surface area contributed by atoms with Crippen LogP contribution in [0, 0.1) is 0 Å². The summed E-state index contributed by atoms with van der Waals surface area (Å²) in [6.07, 6.45) is 0. The summed E-state index contributed by atoms with van der Waals surface area (Å²) in [6.45, 7) is -1.27. The second-order valence-electron chi connectivity index (χ2n) is 3.30.